The molecule has 0 aromatic carbocycles. The molecule has 0 spiro atoms. The lowest BCUT2D eigenvalue weighted by Crippen LogP contribution is -3.12. The van der Waals surface area contributed by atoms with Crippen LogP contribution >= 0.6 is 12.2 Å². The Kier molecular flexibility index (Phi) is 4.70. The molecule has 0 atom stereocenters. The molecule has 1 saturated heterocycles. The number of nitrogens with one attached hydrogen (secondary N) is 2. The molecule has 0 unspecified atom stereocenters. The lowest BCUT2D eigenvalue weighted by atomic mass is 10.3. The highest BCUT2D eigenvalue weighted by Crippen LogP contribution is 2.01. The lowest BCUT2D eigenvalue weighted by Gasteiger charge is -2.31. The summed E-state index contributed by atoms with van der Waals surface area (Å²) in [4.78, 5) is 15.2. The molecule has 1 aromatic heterocycles. The van der Waals surface area contributed by atoms with Crippen molar-refractivity contribution in [2.45, 2.75) is 0 Å². The molecular formula is C13H18N3O2S+. The van der Waals surface area contributed by atoms with E-state index >= 15 is 0 Å². The van der Waals surface area contributed by atoms with Gasteiger partial charge in [0, 0.05) is 6.08 Å². The van der Waals surface area contributed by atoms with Crippen LogP contribution < -0.4 is 10.2 Å². The predicted octanol–water partition coefficient (Wildman–Crippen LogP) is -0.476. The Morgan fingerprint density at radius 1 is 1.53 bits per heavy atom. The van der Waals surface area contributed by atoms with Gasteiger partial charge in [0.25, 0.3) is 0 Å². The van der Waals surface area contributed by atoms with Crippen LogP contribution in [0.1, 0.15) is 5.76 Å². The summed E-state index contributed by atoms with van der Waals surface area (Å²) in [7, 11) is 2.16. The summed E-state index contributed by atoms with van der Waals surface area (Å²) in [5.41, 5.74) is 0. The van der Waals surface area contributed by atoms with Gasteiger partial charge in [0.15, 0.2) is 5.11 Å². The third-order valence-electron chi connectivity index (χ3n) is 3.08. The van der Waals surface area contributed by atoms with E-state index in [9.17, 15) is 4.79 Å². The Balaban J connectivity index is 1.80. The van der Waals surface area contributed by atoms with E-state index in [1.165, 1.54) is 11.0 Å². The first-order chi connectivity index (χ1) is 9.15. The summed E-state index contributed by atoms with van der Waals surface area (Å²) in [6, 6.07) is 3.56. The van der Waals surface area contributed by atoms with Crippen molar-refractivity contribution < 1.29 is 14.1 Å². The number of furan rings is 1. The summed E-state index contributed by atoms with van der Waals surface area (Å²) in [6.07, 6.45) is 4.60. The van der Waals surface area contributed by atoms with Crippen molar-refractivity contribution in [2.75, 3.05) is 33.2 Å². The van der Waals surface area contributed by atoms with Crippen molar-refractivity contribution in [3.05, 3.63) is 30.2 Å². The summed E-state index contributed by atoms with van der Waals surface area (Å²) >= 11 is 5.23. The number of hydrogen-bond donors (Lipinski definition) is 2. The van der Waals surface area contributed by atoms with Crippen molar-refractivity contribution in [3.63, 3.8) is 0 Å². The molecule has 1 aromatic rings. The van der Waals surface area contributed by atoms with Crippen molar-refractivity contribution in [3.8, 4) is 0 Å². The normalized spacial score (nSPS) is 16.8. The first kappa shape index (κ1) is 13.8. The van der Waals surface area contributed by atoms with Gasteiger partial charge in [-0.05, 0) is 30.4 Å². The molecule has 19 heavy (non-hydrogen) atoms. The van der Waals surface area contributed by atoms with Crippen LogP contribution in [-0.4, -0.2) is 49.1 Å². The van der Waals surface area contributed by atoms with Crippen LogP contribution in [0, 0.1) is 0 Å². The third kappa shape index (κ3) is 4.18. The number of piperazine rings is 1. The van der Waals surface area contributed by atoms with E-state index in [1.54, 1.807) is 24.5 Å². The quantitative estimate of drug-likeness (QED) is 0.568. The average molecular weight is 280 g/mol. The standard InChI is InChI=1S/C13H17N3O2S/c1-15-6-8-16(9-7-15)13(19)14-12(17)5-4-11-3-2-10-18-11/h2-5,10H,6-9H2,1H3,(H,14,17,19)/p+1/b5-4+. The summed E-state index contributed by atoms with van der Waals surface area (Å²) in [6.45, 7) is 3.84. The number of amides is 1. The Morgan fingerprint density at radius 3 is 2.89 bits per heavy atom. The second-order valence-corrected chi connectivity index (χ2v) is 4.97. The molecule has 1 fully saturated rings. The number of hydrogen-bond acceptors (Lipinski definition) is 3. The monoisotopic (exact) mass is 280 g/mol. The van der Waals surface area contributed by atoms with Gasteiger partial charge >= 0.3 is 0 Å². The van der Waals surface area contributed by atoms with Crippen LogP contribution in [0.15, 0.2) is 28.9 Å². The molecule has 0 saturated carbocycles. The first-order valence-corrected chi connectivity index (χ1v) is 6.69. The van der Waals surface area contributed by atoms with E-state index in [1.807, 2.05) is 4.90 Å². The molecule has 2 rings (SSSR count). The van der Waals surface area contributed by atoms with Gasteiger partial charge < -0.3 is 14.2 Å². The Labute approximate surface area is 117 Å². The van der Waals surface area contributed by atoms with Crippen LogP contribution in [0.5, 0.6) is 0 Å². The Hall–Kier alpha value is -1.66. The second-order valence-electron chi connectivity index (χ2n) is 4.59. The predicted molar refractivity (Wildman–Crippen MR) is 76.7 cm³/mol. The van der Waals surface area contributed by atoms with Gasteiger partial charge in [-0.15, -0.1) is 0 Å². The van der Waals surface area contributed by atoms with E-state index in [-0.39, 0.29) is 5.91 Å². The highest BCUT2D eigenvalue weighted by molar-refractivity contribution is 7.80. The topological polar surface area (TPSA) is 49.9 Å². The Bertz CT molecular complexity index is 462. The molecule has 2 heterocycles. The SMILES string of the molecule is C[NH+]1CCN(C(=S)NC(=O)/C=C/c2ccco2)CC1. The molecule has 1 aliphatic heterocycles. The molecule has 102 valence electrons. The first-order valence-electron chi connectivity index (χ1n) is 6.28. The van der Waals surface area contributed by atoms with Gasteiger partial charge in [0.05, 0.1) is 39.5 Å². The number of likely N-dealkylation sites (N-methyl/N-ethyl adjacent to an activating group) is 1. The molecule has 5 nitrogen and oxygen atoms in total. The van der Waals surface area contributed by atoms with E-state index in [4.69, 9.17) is 16.6 Å². The molecule has 6 heteroatoms. The number of quaternary nitrogens is 1. The van der Waals surface area contributed by atoms with Crippen molar-refractivity contribution in [2.24, 2.45) is 0 Å². The molecule has 0 aliphatic carbocycles. The highest BCUT2D eigenvalue weighted by Gasteiger charge is 2.19. The van der Waals surface area contributed by atoms with Gasteiger partial charge in [0.2, 0.25) is 5.91 Å². The largest absolute Gasteiger partial charge is 0.465 e. The fourth-order valence-corrected chi connectivity index (χ4v) is 2.14. The maximum absolute atomic E-state index is 11.7. The third-order valence-corrected chi connectivity index (χ3v) is 3.44. The van der Waals surface area contributed by atoms with Gasteiger partial charge in [-0.25, -0.2) is 0 Å². The minimum atomic E-state index is -0.229. The van der Waals surface area contributed by atoms with E-state index in [0.717, 1.165) is 26.2 Å². The minimum absolute atomic E-state index is 0.229. The fraction of sp³-hybridized carbons (Fsp3) is 0.385. The van der Waals surface area contributed by atoms with Gasteiger partial charge in [-0.3, -0.25) is 10.1 Å². The van der Waals surface area contributed by atoms with E-state index in [2.05, 4.69) is 12.4 Å². The summed E-state index contributed by atoms with van der Waals surface area (Å²) in [5.74, 6) is 0.414. The zero-order chi connectivity index (χ0) is 13.7. The van der Waals surface area contributed by atoms with Crippen LogP contribution in [0.25, 0.3) is 6.08 Å². The zero-order valence-electron chi connectivity index (χ0n) is 10.9. The lowest BCUT2D eigenvalue weighted by molar-refractivity contribution is -0.883. The smallest absolute Gasteiger partial charge is 0.250 e. The number of rotatable bonds is 2. The number of carbonyl (C=O) groups excluding carboxylic acids is 1. The van der Waals surface area contributed by atoms with Crippen LogP contribution in [-0.2, 0) is 4.79 Å². The van der Waals surface area contributed by atoms with E-state index in [0.29, 0.717) is 10.9 Å². The molecule has 0 bridgehead atoms. The van der Waals surface area contributed by atoms with Crippen molar-refractivity contribution >= 4 is 29.3 Å². The maximum atomic E-state index is 11.7. The zero-order valence-corrected chi connectivity index (χ0v) is 11.7. The highest BCUT2D eigenvalue weighted by atomic mass is 32.1. The van der Waals surface area contributed by atoms with Crippen LogP contribution in [0.4, 0.5) is 0 Å². The average Bonchev–Trinajstić information content (AvgIpc) is 2.90. The minimum Gasteiger partial charge on any atom is -0.465 e. The molecule has 0 radical (unpaired) electrons. The summed E-state index contributed by atoms with van der Waals surface area (Å²) in [5, 5.41) is 3.21. The van der Waals surface area contributed by atoms with Crippen LogP contribution in [0.2, 0.25) is 0 Å². The van der Waals surface area contributed by atoms with Gasteiger partial charge in [-0.1, -0.05) is 0 Å². The van der Waals surface area contributed by atoms with Crippen LogP contribution in [0.3, 0.4) is 0 Å². The second kappa shape index (κ2) is 6.49. The fourth-order valence-electron chi connectivity index (χ4n) is 1.86. The number of nitrogens with zero attached hydrogens (tertiary/aromatic N) is 1. The molecule has 1 aliphatic rings. The van der Waals surface area contributed by atoms with Gasteiger partial charge in [-0.2, -0.15) is 0 Å². The number of carbonyl (C=O) groups is 1. The Morgan fingerprint density at radius 2 is 2.26 bits per heavy atom. The van der Waals surface area contributed by atoms with E-state index < -0.39 is 0 Å². The molecular weight excluding hydrogens is 262 g/mol. The maximum Gasteiger partial charge on any atom is 0.250 e. The molecule has 2 N–H and O–H groups in total. The summed E-state index contributed by atoms with van der Waals surface area (Å²) < 4.78 is 5.10. The molecule has 1 amide bonds. The number of thiocarbonyl (C=S) groups is 1. The van der Waals surface area contributed by atoms with Gasteiger partial charge in [0.1, 0.15) is 5.76 Å². The van der Waals surface area contributed by atoms with Crippen molar-refractivity contribution in [1.82, 2.24) is 10.2 Å². The van der Waals surface area contributed by atoms with Crippen molar-refractivity contribution in [1.29, 1.82) is 0 Å².